The van der Waals surface area contributed by atoms with Gasteiger partial charge in [-0.2, -0.15) is 0 Å². The summed E-state index contributed by atoms with van der Waals surface area (Å²) in [5.41, 5.74) is 0. The number of aryl methyl sites for hydroxylation is 2. The van der Waals surface area contributed by atoms with Crippen molar-refractivity contribution in [3.8, 4) is 0 Å². The van der Waals surface area contributed by atoms with Crippen LogP contribution in [0.1, 0.15) is 226 Å². The minimum absolute atomic E-state index is 1.11. The molecule has 42 heavy (non-hydrogen) atoms. The highest BCUT2D eigenvalue weighted by molar-refractivity contribution is 4.84. The Balaban J connectivity index is 1.95. The van der Waals surface area contributed by atoms with Gasteiger partial charge in [0.15, 0.2) is 0 Å². The lowest BCUT2D eigenvalue weighted by atomic mass is 10.0. The lowest BCUT2D eigenvalue weighted by Gasteiger charge is -2.06. The molecule has 0 saturated carbocycles. The van der Waals surface area contributed by atoms with Crippen LogP contribution in [0.3, 0.4) is 0 Å². The Morgan fingerprint density at radius 2 is 0.714 bits per heavy atom. The monoisotopic (exact) mass is 588 g/mol. The fraction of sp³-hybridized carbons (Fsp3) is 0.925. The molecule has 0 aromatic carbocycles. The van der Waals surface area contributed by atoms with Crippen molar-refractivity contribution < 1.29 is 4.57 Å². The van der Waals surface area contributed by atoms with Crippen LogP contribution in [-0.4, -0.2) is 4.57 Å². The molecule has 0 N–H and O–H groups in total. The maximum Gasteiger partial charge on any atom is 0.256 e. The molecule has 0 saturated heterocycles. The van der Waals surface area contributed by atoms with E-state index >= 15 is 0 Å². The van der Waals surface area contributed by atoms with Crippen LogP contribution < -0.4 is 4.57 Å². The van der Waals surface area contributed by atoms with Crippen molar-refractivity contribution in [3.05, 3.63) is 18.2 Å². The largest absolute Gasteiger partial charge is 0.256 e. The number of imidazole rings is 1. The van der Waals surface area contributed by atoms with Crippen LogP contribution in [-0.2, 0) is 19.5 Å². The Kier molecular flexibility index (Phi) is 29.5. The molecule has 0 radical (unpaired) electrons. The number of hydrogen-bond donors (Lipinski definition) is 0. The summed E-state index contributed by atoms with van der Waals surface area (Å²) in [5, 5.41) is 0. The van der Waals surface area contributed by atoms with Gasteiger partial charge in [0.25, 0.3) is 5.82 Å². The summed E-state index contributed by atoms with van der Waals surface area (Å²) in [6.45, 7) is 9.25. The Hall–Kier alpha value is -0.790. The Morgan fingerprint density at radius 1 is 0.405 bits per heavy atom. The summed E-state index contributed by atoms with van der Waals surface area (Å²) in [7, 11) is 0. The standard InChI is InChI=1S/C40H79N2/c1-4-7-9-11-13-15-17-19-21-23-25-27-29-31-33-35-37-42-39-38-41(6-3)40(42)36-34-32-30-28-26-24-22-20-18-16-14-12-10-8-5-2/h38-39H,4-37H2,1-3H3/q+1. The van der Waals surface area contributed by atoms with Crippen molar-refractivity contribution in [1.29, 1.82) is 0 Å². The number of nitrogens with zero attached hydrogens (tertiary/aromatic N) is 2. The third-order valence-corrected chi connectivity index (χ3v) is 9.69. The van der Waals surface area contributed by atoms with Crippen LogP contribution in [0, 0.1) is 0 Å². The van der Waals surface area contributed by atoms with E-state index < -0.39 is 0 Å². The molecule has 1 rings (SSSR count). The molecule has 0 spiro atoms. The highest BCUT2D eigenvalue weighted by Gasteiger charge is 2.15. The number of hydrogen-bond acceptors (Lipinski definition) is 0. The molecule has 2 heteroatoms. The van der Waals surface area contributed by atoms with Crippen molar-refractivity contribution in [2.24, 2.45) is 0 Å². The Morgan fingerprint density at radius 3 is 1.05 bits per heavy atom. The first-order valence-corrected chi connectivity index (χ1v) is 19.9. The lowest BCUT2D eigenvalue weighted by Crippen LogP contribution is -2.37. The van der Waals surface area contributed by atoms with E-state index in [9.17, 15) is 0 Å². The van der Waals surface area contributed by atoms with Crippen molar-refractivity contribution in [2.75, 3.05) is 0 Å². The maximum absolute atomic E-state index is 2.58. The summed E-state index contributed by atoms with van der Waals surface area (Å²) in [5.74, 6) is 1.58. The van der Waals surface area contributed by atoms with E-state index in [4.69, 9.17) is 0 Å². The summed E-state index contributed by atoms with van der Waals surface area (Å²) >= 11 is 0. The van der Waals surface area contributed by atoms with Gasteiger partial charge >= 0.3 is 0 Å². The molecule has 1 aromatic rings. The predicted molar refractivity (Wildman–Crippen MR) is 188 cm³/mol. The Bertz CT molecular complexity index is 648. The third kappa shape index (κ3) is 23.6. The lowest BCUT2D eigenvalue weighted by molar-refractivity contribution is -0.704. The maximum atomic E-state index is 2.58. The number of unbranched alkanes of at least 4 members (excludes halogenated alkanes) is 29. The second-order valence-corrected chi connectivity index (χ2v) is 13.7. The van der Waals surface area contributed by atoms with Gasteiger partial charge in [-0.05, 0) is 26.2 Å². The summed E-state index contributed by atoms with van der Waals surface area (Å²) in [6.07, 6.45) is 50.8. The second kappa shape index (κ2) is 31.6. The zero-order valence-electron chi connectivity index (χ0n) is 29.6. The molecule has 0 unspecified atom stereocenters. The van der Waals surface area contributed by atoms with Gasteiger partial charge < -0.3 is 0 Å². The first-order valence-electron chi connectivity index (χ1n) is 19.9. The highest BCUT2D eigenvalue weighted by atomic mass is 15.1. The smallest absolute Gasteiger partial charge is 0.235 e. The number of rotatable bonds is 34. The van der Waals surface area contributed by atoms with E-state index in [0.29, 0.717) is 0 Å². The van der Waals surface area contributed by atoms with Crippen LogP contribution >= 0.6 is 0 Å². The average Bonchev–Trinajstić information content (AvgIpc) is 3.40. The van der Waals surface area contributed by atoms with Gasteiger partial charge in [0.2, 0.25) is 0 Å². The minimum Gasteiger partial charge on any atom is -0.235 e. The molecule has 0 fully saturated rings. The molecule has 0 atom stereocenters. The van der Waals surface area contributed by atoms with Gasteiger partial charge in [-0.3, -0.25) is 0 Å². The van der Waals surface area contributed by atoms with E-state index in [0.717, 1.165) is 6.54 Å². The molecular weight excluding hydrogens is 508 g/mol. The molecule has 0 bridgehead atoms. The van der Waals surface area contributed by atoms with Crippen LogP contribution in [0.2, 0.25) is 0 Å². The number of aromatic nitrogens is 2. The van der Waals surface area contributed by atoms with Crippen molar-refractivity contribution in [2.45, 2.75) is 239 Å². The van der Waals surface area contributed by atoms with Crippen molar-refractivity contribution in [1.82, 2.24) is 4.57 Å². The average molecular weight is 588 g/mol. The molecule has 1 heterocycles. The first kappa shape index (κ1) is 39.2. The van der Waals surface area contributed by atoms with Gasteiger partial charge in [-0.15, -0.1) is 0 Å². The van der Waals surface area contributed by atoms with Gasteiger partial charge in [-0.1, -0.05) is 194 Å². The second-order valence-electron chi connectivity index (χ2n) is 13.7. The van der Waals surface area contributed by atoms with E-state index in [1.807, 2.05) is 0 Å². The van der Waals surface area contributed by atoms with Gasteiger partial charge in [0.1, 0.15) is 12.4 Å². The molecule has 248 valence electrons. The molecule has 0 aliphatic heterocycles. The van der Waals surface area contributed by atoms with Crippen molar-refractivity contribution >= 4 is 0 Å². The zero-order valence-corrected chi connectivity index (χ0v) is 29.6. The van der Waals surface area contributed by atoms with E-state index in [-0.39, 0.29) is 0 Å². The predicted octanol–water partition coefficient (Wildman–Crippen LogP) is 13.5. The zero-order chi connectivity index (χ0) is 30.2. The van der Waals surface area contributed by atoms with Gasteiger partial charge in [0.05, 0.1) is 13.1 Å². The fourth-order valence-electron chi connectivity index (χ4n) is 6.76. The molecule has 1 aromatic heterocycles. The van der Waals surface area contributed by atoms with Crippen LogP contribution in [0.5, 0.6) is 0 Å². The third-order valence-electron chi connectivity index (χ3n) is 9.69. The van der Waals surface area contributed by atoms with Crippen LogP contribution in [0.15, 0.2) is 12.4 Å². The van der Waals surface area contributed by atoms with E-state index in [2.05, 4.69) is 42.3 Å². The molecule has 0 amide bonds. The van der Waals surface area contributed by atoms with Crippen LogP contribution in [0.4, 0.5) is 0 Å². The molecule has 0 aliphatic rings. The minimum atomic E-state index is 1.11. The first-order chi connectivity index (χ1) is 20.8. The fourth-order valence-corrected chi connectivity index (χ4v) is 6.76. The molecular formula is C40H79N2+. The van der Waals surface area contributed by atoms with Gasteiger partial charge in [0, 0.05) is 6.42 Å². The highest BCUT2D eigenvalue weighted by Crippen LogP contribution is 2.16. The quantitative estimate of drug-likeness (QED) is 0.0560. The topological polar surface area (TPSA) is 8.81 Å². The SMILES string of the molecule is CCCCCCCCCCCCCCCCCC[n+]1ccn(CC)c1CCCCCCCCCCCCCCCCC. The summed E-state index contributed by atoms with van der Waals surface area (Å²) in [6, 6.07) is 0. The van der Waals surface area contributed by atoms with Crippen molar-refractivity contribution in [3.63, 3.8) is 0 Å². The molecule has 2 nitrogen and oxygen atoms in total. The molecule has 0 aliphatic carbocycles. The summed E-state index contributed by atoms with van der Waals surface area (Å²) in [4.78, 5) is 0. The normalized spacial score (nSPS) is 11.6. The van der Waals surface area contributed by atoms with E-state index in [1.165, 1.54) is 212 Å². The van der Waals surface area contributed by atoms with Crippen LogP contribution in [0.25, 0.3) is 0 Å². The van der Waals surface area contributed by atoms with E-state index in [1.54, 1.807) is 5.82 Å². The summed E-state index contributed by atoms with van der Waals surface area (Å²) < 4.78 is 5.08. The Labute approximate surface area is 266 Å². The van der Waals surface area contributed by atoms with Gasteiger partial charge in [-0.25, -0.2) is 9.13 Å².